The van der Waals surface area contributed by atoms with Crippen LogP contribution < -0.4 is 5.32 Å². The number of hydrogen-bond acceptors (Lipinski definition) is 3. The van der Waals surface area contributed by atoms with E-state index < -0.39 is 0 Å². The van der Waals surface area contributed by atoms with Gasteiger partial charge < -0.3 is 5.32 Å². The Morgan fingerprint density at radius 1 is 1.60 bits per heavy atom. The number of nitrogens with zero attached hydrogens (tertiary/aromatic N) is 1. The summed E-state index contributed by atoms with van der Waals surface area (Å²) in [4.78, 5) is 16.5. The van der Waals surface area contributed by atoms with E-state index >= 15 is 0 Å². The SMILES string of the molecule is Cc1ncc(CNC(=O)CCCCCl)s1. The smallest absolute Gasteiger partial charge is 0.220 e. The third kappa shape index (κ3) is 5.14. The second-order valence-electron chi connectivity index (χ2n) is 3.27. The van der Waals surface area contributed by atoms with Gasteiger partial charge in [0, 0.05) is 23.4 Å². The van der Waals surface area contributed by atoms with E-state index in [1.165, 1.54) is 0 Å². The minimum absolute atomic E-state index is 0.0890. The number of nitrogens with one attached hydrogen (secondary N) is 1. The van der Waals surface area contributed by atoms with Crippen LogP contribution in [0, 0.1) is 6.92 Å². The second kappa shape index (κ2) is 6.80. The van der Waals surface area contributed by atoms with Crippen molar-refractivity contribution in [3.63, 3.8) is 0 Å². The summed E-state index contributed by atoms with van der Waals surface area (Å²) in [6, 6.07) is 0. The molecule has 0 aliphatic rings. The summed E-state index contributed by atoms with van der Waals surface area (Å²) in [7, 11) is 0. The summed E-state index contributed by atoms with van der Waals surface area (Å²) >= 11 is 7.13. The highest BCUT2D eigenvalue weighted by Crippen LogP contribution is 2.10. The summed E-state index contributed by atoms with van der Waals surface area (Å²) in [5.74, 6) is 0.715. The average Bonchev–Trinajstić information content (AvgIpc) is 2.62. The lowest BCUT2D eigenvalue weighted by Gasteiger charge is -2.01. The fourth-order valence-electron chi connectivity index (χ4n) is 1.14. The van der Waals surface area contributed by atoms with Crippen LogP contribution in [-0.2, 0) is 11.3 Å². The number of aryl methyl sites for hydroxylation is 1. The van der Waals surface area contributed by atoms with Crippen molar-refractivity contribution in [2.75, 3.05) is 5.88 Å². The molecule has 0 atom stereocenters. The van der Waals surface area contributed by atoms with E-state index in [4.69, 9.17) is 11.6 Å². The van der Waals surface area contributed by atoms with Crippen LogP contribution in [0.25, 0.3) is 0 Å². The van der Waals surface area contributed by atoms with Crippen LogP contribution >= 0.6 is 22.9 Å². The van der Waals surface area contributed by atoms with Crippen molar-refractivity contribution in [3.05, 3.63) is 16.1 Å². The highest BCUT2D eigenvalue weighted by Gasteiger charge is 2.02. The number of carbonyl (C=O) groups is 1. The lowest BCUT2D eigenvalue weighted by atomic mass is 10.2. The molecule has 1 amide bonds. The molecule has 1 aromatic heterocycles. The Balaban J connectivity index is 2.16. The lowest BCUT2D eigenvalue weighted by Crippen LogP contribution is -2.21. The Bertz CT molecular complexity index is 314. The molecule has 0 bridgehead atoms. The maximum atomic E-state index is 11.3. The molecule has 0 fully saturated rings. The summed E-state index contributed by atoms with van der Waals surface area (Å²) in [5.41, 5.74) is 0. The third-order valence-corrected chi connectivity index (χ3v) is 3.10. The van der Waals surface area contributed by atoms with E-state index in [2.05, 4.69) is 10.3 Å². The molecule has 0 aliphatic carbocycles. The van der Waals surface area contributed by atoms with Crippen LogP contribution in [0.5, 0.6) is 0 Å². The van der Waals surface area contributed by atoms with Crippen molar-refractivity contribution in [2.24, 2.45) is 0 Å². The first kappa shape index (κ1) is 12.5. The van der Waals surface area contributed by atoms with Crippen molar-refractivity contribution in [1.29, 1.82) is 0 Å². The highest BCUT2D eigenvalue weighted by molar-refractivity contribution is 7.11. The molecule has 5 heteroatoms. The molecular weight excluding hydrogens is 232 g/mol. The lowest BCUT2D eigenvalue weighted by molar-refractivity contribution is -0.121. The predicted molar refractivity (Wildman–Crippen MR) is 63.3 cm³/mol. The first-order chi connectivity index (χ1) is 7.22. The number of unbranched alkanes of at least 4 members (excludes halogenated alkanes) is 1. The Morgan fingerprint density at radius 2 is 2.40 bits per heavy atom. The van der Waals surface area contributed by atoms with Gasteiger partial charge in [0.15, 0.2) is 0 Å². The maximum Gasteiger partial charge on any atom is 0.220 e. The van der Waals surface area contributed by atoms with E-state index in [0.717, 1.165) is 22.7 Å². The third-order valence-electron chi connectivity index (χ3n) is 1.92. The zero-order valence-corrected chi connectivity index (χ0v) is 10.3. The normalized spacial score (nSPS) is 10.3. The molecule has 1 heterocycles. The molecule has 3 nitrogen and oxygen atoms in total. The zero-order valence-electron chi connectivity index (χ0n) is 8.75. The summed E-state index contributed by atoms with van der Waals surface area (Å²) in [6.45, 7) is 2.54. The van der Waals surface area contributed by atoms with Crippen molar-refractivity contribution in [2.45, 2.75) is 32.7 Å². The topological polar surface area (TPSA) is 42.0 Å². The monoisotopic (exact) mass is 246 g/mol. The molecule has 0 unspecified atom stereocenters. The molecule has 0 radical (unpaired) electrons. The van der Waals surface area contributed by atoms with Crippen molar-refractivity contribution in [1.82, 2.24) is 10.3 Å². The molecule has 0 spiro atoms. The Labute approximate surface area is 98.9 Å². The number of halogens is 1. The molecule has 15 heavy (non-hydrogen) atoms. The van der Waals surface area contributed by atoms with Gasteiger partial charge in [0.05, 0.1) is 11.6 Å². The first-order valence-corrected chi connectivity index (χ1v) is 6.31. The standard InChI is InChI=1S/C10H15ClN2OS/c1-8-12-6-9(15-8)7-13-10(14)4-2-3-5-11/h6H,2-5,7H2,1H3,(H,13,14). The van der Waals surface area contributed by atoms with Gasteiger partial charge in [0.1, 0.15) is 0 Å². The predicted octanol–water partition coefficient (Wildman–Crippen LogP) is 2.48. The van der Waals surface area contributed by atoms with E-state index in [9.17, 15) is 4.79 Å². The fourth-order valence-corrected chi connectivity index (χ4v) is 2.06. The van der Waals surface area contributed by atoms with Gasteiger partial charge in [-0.2, -0.15) is 0 Å². The Kier molecular flexibility index (Phi) is 5.65. The largest absolute Gasteiger partial charge is 0.351 e. The molecule has 84 valence electrons. The number of rotatable bonds is 6. The minimum Gasteiger partial charge on any atom is -0.351 e. The molecule has 1 N–H and O–H groups in total. The van der Waals surface area contributed by atoms with Crippen molar-refractivity contribution in [3.8, 4) is 0 Å². The van der Waals surface area contributed by atoms with Gasteiger partial charge in [-0.1, -0.05) is 0 Å². The summed E-state index contributed by atoms with van der Waals surface area (Å²) in [5, 5.41) is 3.89. The summed E-state index contributed by atoms with van der Waals surface area (Å²) in [6.07, 6.45) is 4.12. The number of amides is 1. The molecule has 0 aliphatic heterocycles. The first-order valence-electron chi connectivity index (χ1n) is 4.96. The zero-order chi connectivity index (χ0) is 11.1. The Morgan fingerprint density at radius 3 is 3.00 bits per heavy atom. The van der Waals surface area contributed by atoms with Crippen LogP contribution in [0.4, 0.5) is 0 Å². The van der Waals surface area contributed by atoms with Gasteiger partial charge in [0.25, 0.3) is 0 Å². The molecule has 0 aromatic carbocycles. The van der Waals surface area contributed by atoms with E-state index in [-0.39, 0.29) is 5.91 Å². The van der Waals surface area contributed by atoms with E-state index in [1.54, 1.807) is 17.5 Å². The number of thiazole rings is 1. The van der Waals surface area contributed by atoms with Crippen LogP contribution in [0.15, 0.2) is 6.20 Å². The van der Waals surface area contributed by atoms with Gasteiger partial charge >= 0.3 is 0 Å². The van der Waals surface area contributed by atoms with Crippen molar-refractivity contribution >= 4 is 28.8 Å². The van der Waals surface area contributed by atoms with Crippen LogP contribution in [0.3, 0.4) is 0 Å². The van der Waals surface area contributed by atoms with Crippen LogP contribution in [-0.4, -0.2) is 16.8 Å². The number of hydrogen-bond donors (Lipinski definition) is 1. The van der Waals surface area contributed by atoms with Gasteiger partial charge in [-0.15, -0.1) is 22.9 Å². The quantitative estimate of drug-likeness (QED) is 0.619. The average molecular weight is 247 g/mol. The van der Waals surface area contributed by atoms with E-state index in [0.29, 0.717) is 18.8 Å². The second-order valence-corrected chi connectivity index (χ2v) is 4.97. The van der Waals surface area contributed by atoms with Gasteiger partial charge in [-0.25, -0.2) is 4.98 Å². The maximum absolute atomic E-state index is 11.3. The fraction of sp³-hybridized carbons (Fsp3) is 0.600. The molecule has 1 rings (SSSR count). The molecule has 0 saturated heterocycles. The van der Waals surface area contributed by atoms with Crippen LogP contribution in [0.2, 0.25) is 0 Å². The number of aromatic nitrogens is 1. The van der Waals surface area contributed by atoms with Crippen LogP contribution in [0.1, 0.15) is 29.1 Å². The summed E-state index contributed by atoms with van der Waals surface area (Å²) < 4.78 is 0. The number of carbonyl (C=O) groups excluding carboxylic acids is 1. The molecule has 1 aromatic rings. The molecular formula is C10H15ClN2OS. The van der Waals surface area contributed by atoms with E-state index in [1.807, 2.05) is 6.92 Å². The Hall–Kier alpha value is -0.610. The number of alkyl halides is 1. The van der Waals surface area contributed by atoms with Gasteiger partial charge in [-0.3, -0.25) is 4.79 Å². The highest BCUT2D eigenvalue weighted by atomic mass is 35.5. The van der Waals surface area contributed by atoms with Gasteiger partial charge in [-0.05, 0) is 19.8 Å². The van der Waals surface area contributed by atoms with Gasteiger partial charge in [0.2, 0.25) is 5.91 Å². The minimum atomic E-state index is 0.0890. The molecule has 0 saturated carbocycles. The van der Waals surface area contributed by atoms with Crippen molar-refractivity contribution < 1.29 is 4.79 Å².